The largest absolute Gasteiger partial charge is 0.379 e. The second-order valence-electron chi connectivity index (χ2n) is 6.65. The van der Waals surface area contributed by atoms with Gasteiger partial charge in [0.2, 0.25) is 0 Å². The molecule has 2 heterocycles. The average Bonchev–Trinajstić information content (AvgIpc) is 2.94. The number of benzene rings is 1. The standard InChI is InChI=1S/C19H25ClN4O2/c1-13(23-8-10-26-11-9-23)12-21-19(25)16-4-6-17(7-5-16)24-15(3)18(20)14(2)22-24/h4-7,13H,8-12H2,1-3H3,(H,21,25). The van der Waals surface area contributed by atoms with Crippen molar-refractivity contribution >= 4 is 17.5 Å². The van der Waals surface area contributed by atoms with Crippen LogP contribution in [0.5, 0.6) is 0 Å². The van der Waals surface area contributed by atoms with E-state index in [0.717, 1.165) is 43.4 Å². The monoisotopic (exact) mass is 376 g/mol. The van der Waals surface area contributed by atoms with E-state index in [0.29, 0.717) is 23.2 Å². The minimum absolute atomic E-state index is 0.0666. The van der Waals surface area contributed by atoms with Crippen LogP contribution < -0.4 is 5.32 Å². The number of carbonyl (C=O) groups is 1. The van der Waals surface area contributed by atoms with E-state index in [-0.39, 0.29) is 5.91 Å². The number of hydrogen-bond donors (Lipinski definition) is 1. The number of carbonyl (C=O) groups excluding carboxylic acids is 1. The maximum Gasteiger partial charge on any atom is 0.251 e. The van der Waals surface area contributed by atoms with E-state index < -0.39 is 0 Å². The predicted molar refractivity (Wildman–Crippen MR) is 102 cm³/mol. The van der Waals surface area contributed by atoms with Gasteiger partial charge in [-0.25, -0.2) is 4.68 Å². The molecule has 26 heavy (non-hydrogen) atoms. The normalized spacial score (nSPS) is 16.5. The van der Waals surface area contributed by atoms with E-state index in [9.17, 15) is 4.79 Å². The number of nitrogens with zero attached hydrogens (tertiary/aromatic N) is 3. The molecule has 1 aliphatic rings. The van der Waals surface area contributed by atoms with Crippen LogP contribution in [0, 0.1) is 13.8 Å². The van der Waals surface area contributed by atoms with Crippen molar-refractivity contribution in [3.8, 4) is 5.69 Å². The molecular weight excluding hydrogens is 352 g/mol. The zero-order chi connectivity index (χ0) is 18.7. The van der Waals surface area contributed by atoms with Gasteiger partial charge < -0.3 is 10.1 Å². The van der Waals surface area contributed by atoms with Crippen molar-refractivity contribution in [2.24, 2.45) is 0 Å². The van der Waals surface area contributed by atoms with Gasteiger partial charge in [0.05, 0.1) is 35.3 Å². The molecule has 7 heteroatoms. The van der Waals surface area contributed by atoms with Crippen LogP contribution in [0.4, 0.5) is 0 Å². The molecule has 0 saturated carbocycles. The number of hydrogen-bond acceptors (Lipinski definition) is 4. The molecule has 1 aromatic heterocycles. The summed E-state index contributed by atoms with van der Waals surface area (Å²) >= 11 is 6.21. The van der Waals surface area contributed by atoms with Crippen LogP contribution in [0.1, 0.15) is 28.7 Å². The zero-order valence-electron chi connectivity index (χ0n) is 15.5. The highest BCUT2D eigenvalue weighted by Gasteiger charge is 2.18. The lowest BCUT2D eigenvalue weighted by atomic mass is 10.2. The van der Waals surface area contributed by atoms with Gasteiger partial charge in [0.1, 0.15) is 0 Å². The van der Waals surface area contributed by atoms with Crippen molar-refractivity contribution in [3.63, 3.8) is 0 Å². The molecule has 1 N–H and O–H groups in total. The number of aryl methyl sites for hydroxylation is 1. The van der Waals surface area contributed by atoms with Gasteiger partial charge in [-0.15, -0.1) is 0 Å². The third-order valence-electron chi connectivity index (χ3n) is 4.80. The molecule has 0 spiro atoms. The summed E-state index contributed by atoms with van der Waals surface area (Å²) < 4.78 is 7.16. The fraction of sp³-hybridized carbons (Fsp3) is 0.474. The first-order valence-electron chi connectivity index (χ1n) is 8.89. The van der Waals surface area contributed by atoms with Crippen molar-refractivity contribution in [1.29, 1.82) is 0 Å². The molecule has 1 amide bonds. The Kier molecular flexibility index (Phi) is 5.96. The van der Waals surface area contributed by atoms with Crippen molar-refractivity contribution in [3.05, 3.63) is 46.2 Å². The fourth-order valence-corrected chi connectivity index (χ4v) is 3.24. The van der Waals surface area contributed by atoms with Gasteiger partial charge in [0.15, 0.2) is 0 Å². The van der Waals surface area contributed by atoms with Crippen LogP contribution in [0.3, 0.4) is 0 Å². The first-order valence-corrected chi connectivity index (χ1v) is 9.27. The number of rotatable bonds is 5. The highest BCUT2D eigenvalue weighted by molar-refractivity contribution is 6.31. The Labute approximate surface area is 159 Å². The van der Waals surface area contributed by atoms with Crippen LogP contribution in [0.15, 0.2) is 24.3 Å². The SMILES string of the molecule is Cc1nn(-c2ccc(C(=O)NCC(C)N3CCOCC3)cc2)c(C)c1Cl. The predicted octanol–water partition coefficient (Wildman–Crippen LogP) is 2.59. The van der Waals surface area contributed by atoms with Crippen LogP contribution >= 0.6 is 11.6 Å². The third kappa shape index (κ3) is 4.09. The van der Waals surface area contributed by atoms with E-state index >= 15 is 0 Å². The minimum atomic E-state index is -0.0666. The van der Waals surface area contributed by atoms with Gasteiger partial charge in [0, 0.05) is 31.2 Å². The lowest BCUT2D eigenvalue weighted by Gasteiger charge is -2.32. The lowest BCUT2D eigenvalue weighted by Crippen LogP contribution is -2.47. The van der Waals surface area contributed by atoms with Gasteiger partial charge in [0.25, 0.3) is 5.91 Å². The topological polar surface area (TPSA) is 59.4 Å². The average molecular weight is 377 g/mol. The van der Waals surface area contributed by atoms with E-state index in [4.69, 9.17) is 16.3 Å². The Balaban J connectivity index is 1.60. The van der Waals surface area contributed by atoms with Crippen LogP contribution in [0.2, 0.25) is 5.02 Å². The number of aromatic nitrogens is 2. The van der Waals surface area contributed by atoms with Gasteiger partial charge in [-0.1, -0.05) is 11.6 Å². The molecule has 1 atom stereocenters. The molecule has 6 nitrogen and oxygen atoms in total. The van der Waals surface area contributed by atoms with Crippen LogP contribution in [-0.2, 0) is 4.74 Å². The maximum absolute atomic E-state index is 12.4. The quantitative estimate of drug-likeness (QED) is 0.871. The molecule has 2 aromatic rings. The molecule has 1 fully saturated rings. The summed E-state index contributed by atoms with van der Waals surface area (Å²) in [5.41, 5.74) is 3.20. The molecule has 1 saturated heterocycles. The summed E-state index contributed by atoms with van der Waals surface area (Å²) in [4.78, 5) is 14.7. The maximum atomic E-state index is 12.4. The number of halogens is 1. The zero-order valence-corrected chi connectivity index (χ0v) is 16.2. The molecule has 1 aliphatic heterocycles. The van der Waals surface area contributed by atoms with Crippen LogP contribution in [0.25, 0.3) is 5.69 Å². The summed E-state index contributed by atoms with van der Waals surface area (Å²) in [5, 5.41) is 8.12. The van der Waals surface area contributed by atoms with E-state index in [1.807, 2.05) is 38.1 Å². The van der Waals surface area contributed by atoms with Crippen molar-refractivity contribution in [2.45, 2.75) is 26.8 Å². The van der Waals surface area contributed by atoms with Crippen LogP contribution in [-0.4, -0.2) is 59.5 Å². The second-order valence-corrected chi connectivity index (χ2v) is 7.03. The molecule has 0 radical (unpaired) electrons. The summed E-state index contributed by atoms with van der Waals surface area (Å²) in [7, 11) is 0. The Bertz CT molecular complexity index is 767. The van der Waals surface area contributed by atoms with Crippen molar-refractivity contribution in [1.82, 2.24) is 20.0 Å². The number of ether oxygens (including phenoxy) is 1. The number of amides is 1. The van der Waals surface area contributed by atoms with Gasteiger partial charge in [-0.3, -0.25) is 9.69 Å². The Morgan fingerprint density at radius 3 is 2.50 bits per heavy atom. The Morgan fingerprint density at radius 2 is 1.92 bits per heavy atom. The molecule has 1 unspecified atom stereocenters. The molecular formula is C19H25ClN4O2. The number of morpholine rings is 1. The third-order valence-corrected chi connectivity index (χ3v) is 5.35. The second kappa shape index (κ2) is 8.20. The van der Waals surface area contributed by atoms with E-state index in [1.54, 1.807) is 4.68 Å². The summed E-state index contributed by atoms with van der Waals surface area (Å²) in [5.74, 6) is -0.0666. The fourth-order valence-electron chi connectivity index (χ4n) is 3.12. The van der Waals surface area contributed by atoms with Gasteiger partial charge in [-0.05, 0) is 45.0 Å². The Hall–Kier alpha value is -1.89. The molecule has 3 rings (SSSR count). The first-order chi connectivity index (χ1) is 12.5. The first kappa shape index (κ1) is 18.9. The molecule has 1 aromatic carbocycles. The smallest absolute Gasteiger partial charge is 0.251 e. The highest BCUT2D eigenvalue weighted by atomic mass is 35.5. The summed E-state index contributed by atoms with van der Waals surface area (Å²) in [6.07, 6.45) is 0. The summed E-state index contributed by atoms with van der Waals surface area (Å²) in [6, 6.07) is 7.69. The summed E-state index contributed by atoms with van der Waals surface area (Å²) in [6.45, 7) is 9.90. The van der Waals surface area contributed by atoms with E-state index in [1.165, 1.54) is 0 Å². The molecule has 140 valence electrons. The minimum Gasteiger partial charge on any atom is -0.379 e. The van der Waals surface area contributed by atoms with Crippen molar-refractivity contribution in [2.75, 3.05) is 32.8 Å². The van der Waals surface area contributed by atoms with E-state index in [2.05, 4.69) is 22.2 Å². The number of nitrogens with one attached hydrogen (secondary N) is 1. The lowest BCUT2D eigenvalue weighted by molar-refractivity contribution is 0.0204. The Morgan fingerprint density at radius 1 is 1.27 bits per heavy atom. The van der Waals surface area contributed by atoms with Gasteiger partial charge >= 0.3 is 0 Å². The molecule has 0 bridgehead atoms. The molecule has 0 aliphatic carbocycles. The van der Waals surface area contributed by atoms with Crippen molar-refractivity contribution < 1.29 is 9.53 Å². The van der Waals surface area contributed by atoms with Gasteiger partial charge in [-0.2, -0.15) is 5.10 Å². The highest BCUT2D eigenvalue weighted by Crippen LogP contribution is 2.22.